The molecule has 3 heterocycles. The fourth-order valence-electron chi connectivity index (χ4n) is 4.01. The molecule has 0 atom stereocenters. The normalized spacial score (nSPS) is 15.0. The van der Waals surface area contributed by atoms with E-state index in [1.54, 1.807) is 0 Å². The Balaban J connectivity index is 1.39. The van der Waals surface area contributed by atoms with Gasteiger partial charge in [-0.1, -0.05) is 31.2 Å². The third-order valence-corrected chi connectivity index (χ3v) is 5.77. The number of aryl methyl sites for hydroxylation is 1. The Labute approximate surface area is 172 Å². The lowest BCUT2D eigenvalue weighted by Gasteiger charge is -2.34. The fraction of sp³-hybridized carbons (Fsp3) is 0.391. The van der Waals surface area contributed by atoms with Crippen molar-refractivity contribution in [1.82, 2.24) is 19.8 Å². The van der Waals surface area contributed by atoms with Crippen molar-refractivity contribution < 1.29 is 4.79 Å². The predicted molar refractivity (Wildman–Crippen MR) is 117 cm³/mol. The number of amides is 1. The second-order valence-electron chi connectivity index (χ2n) is 7.46. The minimum Gasteiger partial charge on any atom is -0.354 e. The number of piperazine rings is 1. The number of nitrogens with zero attached hydrogens (tertiary/aromatic N) is 4. The number of carbonyl (C=O) groups is 1. The minimum atomic E-state index is -0.0529. The molecule has 1 N–H and O–H groups in total. The molecule has 152 valence electrons. The zero-order valence-electron chi connectivity index (χ0n) is 17.3. The van der Waals surface area contributed by atoms with Gasteiger partial charge >= 0.3 is 0 Å². The van der Waals surface area contributed by atoms with Crippen LogP contribution in [0.5, 0.6) is 0 Å². The van der Waals surface area contributed by atoms with Crippen molar-refractivity contribution in [3.63, 3.8) is 0 Å². The summed E-state index contributed by atoms with van der Waals surface area (Å²) in [6.45, 7) is 10.8. The van der Waals surface area contributed by atoms with E-state index in [2.05, 4.69) is 56.7 Å². The summed E-state index contributed by atoms with van der Waals surface area (Å²) in [4.78, 5) is 22.2. The first kappa shape index (κ1) is 19.5. The van der Waals surface area contributed by atoms with Crippen LogP contribution >= 0.6 is 0 Å². The van der Waals surface area contributed by atoms with Crippen molar-refractivity contribution in [1.29, 1.82) is 0 Å². The van der Waals surface area contributed by atoms with Gasteiger partial charge in [-0.2, -0.15) is 0 Å². The number of fused-ring (bicyclic) bond motifs is 1. The van der Waals surface area contributed by atoms with E-state index < -0.39 is 0 Å². The lowest BCUT2D eigenvalue weighted by atomic mass is 10.2. The number of hydrogen-bond acceptors (Lipinski definition) is 4. The maximum atomic E-state index is 12.8. The molecule has 0 saturated carbocycles. The molecule has 0 unspecified atom stereocenters. The van der Waals surface area contributed by atoms with Gasteiger partial charge in [-0.15, -0.1) is 0 Å². The highest BCUT2D eigenvalue weighted by atomic mass is 16.1. The molecule has 1 aliphatic heterocycles. The number of para-hydroxylation sites is 1. The van der Waals surface area contributed by atoms with Gasteiger partial charge in [0.15, 0.2) is 0 Å². The standard InChI is InChI=1S/C23H29N5O/c1-3-26-11-13-27(14-12-26)22-10-9-18(16-24-22)17-25-23(29)21-15-19-7-5-6-8-20(19)28(21)4-2/h5-10,15-16H,3-4,11-14,17H2,1-2H3,(H,25,29). The Morgan fingerprint density at radius 2 is 1.83 bits per heavy atom. The molecule has 2 aromatic heterocycles. The maximum Gasteiger partial charge on any atom is 0.268 e. The molecule has 1 saturated heterocycles. The molecule has 1 fully saturated rings. The van der Waals surface area contributed by atoms with Gasteiger partial charge in [0, 0.05) is 56.4 Å². The summed E-state index contributed by atoms with van der Waals surface area (Å²) in [6.07, 6.45) is 1.87. The number of carbonyl (C=O) groups excluding carboxylic acids is 1. The highest BCUT2D eigenvalue weighted by Gasteiger charge is 2.17. The molecule has 0 radical (unpaired) electrons. The first-order valence-corrected chi connectivity index (χ1v) is 10.5. The summed E-state index contributed by atoms with van der Waals surface area (Å²) >= 11 is 0. The van der Waals surface area contributed by atoms with Crippen molar-refractivity contribution in [2.45, 2.75) is 26.9 Å². The first-order valence-electron chi connectivity index (χ1n) is 10.5. The molecule has 3 aromatic rings. The molecule has 0 aliphatic carbocycles. The number of aromatic nitrogens is 2. The van der Waals surface area contributed by atoms with Crippen molar-refractivity contribution in [3.8, 4) is 0 Å². The Kier molecular flexibility index (Phi) is 5.81. The average molecular weight is 392 g/mol. The number of rotatable bonds is 6. The van der Waals surface area contributed by atoms with E-state index in [9.17, 15) is 4.79 Å². The van der Waals surface area contributed by atoms with Crippen molar-refractivity contribution >= 4 is 22.6 Å². The molecule has 0 spiro atoms. The van der Waals surface area contributed by atoms with Crippen LogP contribution in [0.2, 0.25) is 0 Å². The van der Waals surface area contributed by atoms with Crippen LogP contribution in [-0.2, 0) is 13.1 Å². The summed E-state index contributed by atoms with van der Waals surface area (Å²) in [5.74, 6) is 0.963. The van der Waals surface area contributed by atoms with E-state index in [4.69, 9.17) is 0 Å². The van der Waals surface area contributed by atoms with Crippen LogP contribution < -0.4 is 10.2 Å². The Hall–Kier alpha value is -2.86. The average Bonchev–Trinajstić information content (AvgIpc) is 3.17. The minimum absolute atomic E-state index is 0.0529. The number of benzene rings is 1. The number of likely N-dealkylation sites (N-methyl/N-ethyl adjacent to an activating group) is 1. The lowest BCUT2D eigenvalue weighted by molar-refractivity contribution is 0.0942. The summed E-state index contributed by atoms with van der Waals surface area (Å²) < 4.78 is 2.06. The van der Waals surface area contributed by atoms with Gasteiger partial charge in [-0.3, -0.25) is 4.79 Å². The molecular weight excluding hydrogens is 362 g/mol. The lowest BCUT2D eigenvalue weighted by Crippen LogP contribution is -2.46. The van der Waals surface area contributed by atoms with Gasteiger partial charge in [0.1, 0.15) is 11.5 Å². The third-order valence-electron chi connectivity index (χ3n) is 5.77. The van der Waals surface area contributed by atoms with Crippen LogP contribution in [0, 0.1) is 0 Å². The van der Waals surface area contributed by atoms with Crippen LogP contribution in [0.25, 0.3) is 10.9 Å². The third kappa shape index (κ3) is 4.12. The van der Waals surface area contributed by atoms with Crippen LogP contribution in [0.3, 0.4) is 0 Å². The Morgan fingerprint density at radius 3 is 2.52 bits per heavy atom. The van der Waals surface area contributed by atoms with Gasteiger partial charge in [-0.25, -0.2) is 4.98 Å². The molecule has 1 aromatic carbocycles. The van der Waals surface area contributed by atoms with Crippen molar-refractivity contribution in [3.05, 3.63) is 59.9 Å². The molecule has 6 heteroatoms. The van der Waals surface area contributed by atoms with Gasteiger partial charge in [-0.05, 0) is 37.2 Å². The predicted octanol–water partition coefficient (Wildman–Crippen LogP) is 3.13. The van der Waals surface area contributed by atoms with E-state index in [1.807, 2.05) is 30.5 Å². The summed E-state index contributed by atoms with van der Waals surface area (Å²) in [6, 6.07) is 14.2. The molecule has 0 bridgehead atoms. The summed E-state index contributed by atoms with van der Waals surface area (Å²) in [5.41, 5.74) is 2.80. The van der Waals surface area contributed by atoms with E-state index in [0.717, 1.165) is 61.6 Å². The quantitative estimate of drug-likeness (QED) is 0.701. The molecular formula is C23H29N5O. The van der Waals surface area contributed by atoms with Gasteiger partial charge in [0.25, 0.3) is 5.91 Å². The van der Waals surface area contributed by atoms with Crippen LogP contribution in [0.4, 0.5) is 5.82 Å². The van der Waals surface area contributed by atoms with E-state index >= 15 is 0 Å². The highest BCUT2D eigenvalue weighted by Crippen LogP contribution is 2.20. The Morgan fingerprint density at radius 1 is 1.03 bits per heavy atom. The molecule has 4 rings (SSSR count). The first-order chi connectivity index (χ1) is 14.2. The van der Waals surface area contributed by atoms with Crippen molar-refractivity contribution in [2.75, 3.05) is 37.6 Å². The smallest absolute Gasteiger partial charge is 0.268 e. The molecule has 6 nitrogen and oxygen atoms in total. The molecule has 1 aliphatic rings. The number of nitrogens with one attached hydrogen (secondary N) is 1. The second-order valence-corrected chi connectivity index (χ2v) is 7.46. The van der Waals surface area contributed by atoms with Crippen molar-refractivity contribution in [2.24, 2.45) is 0 Å². The largest absolute Gasteiger partial charge is 0.354 e. The number of pyridine rings is 1. The fourth-order valence-corrected chi connectivity index (χ4v) is 4.01. The molecule has 1 amide bonds. The van der Waals surface area contributed by atoms with Crippen LogP contribution in [0.15, 0.2) is 48.7 Å². The van der Waals surface area contributed by atoms with E-state index in [-0.39, 0.29) is 5.91 Å². The van der Waals surface area contributed by atoms with Crippen LogP contribution in [-0.4, -0.2) is 53.1 Å². The topological polar surface area (TPSA) is 53.4 Å². The van der Waals surface area contributed by atoms with E-state index in [0.29, 0.717) is 12.2 Å². The summed E-state index contributed by atoms with van der Waals surface area (Å²) in [7, 11) is 0. The highest BCUT2D eigenvalue weighted by molar-refractivity contribution is 5.98. The van der Waals surface area contributed by atoms with Gasteiger partial charge in [0.05, 0.1) is 0 Å². The Bertz CT molecular complexity index is 971. The maximum absolute atomic E-state index is 12.8. The SMILES string of the molecule is CCN1CCN(c2ccc(CNC(=O)c3cc4ccccc4n3CC)cn2)CC1. The van der Waals surface area contributed by atoms with Gasteiger partial charge in [0.2, 0.25) is 0 Å². The second kappa shape index (κ2) is 8.66. The number of anilines is 1. The zero-order chi connectivity index (χ0) is 20.2. The zero-order valence-corrected chi connectivity index (χ0v) is 17.3. The monoisotopic (exact) mass is 391 g/mol. The van der Waals surface area contributed by atoms with E-state index in [1.165, 1.54) is 0 Å². The number of hydrogen-bond donors (Lipinski definition) is 1. The molecule has 29 heavy (non-hydrogen) atoms. The van der Waals surface area contributed by atoms with Gasteiger partial charge < -0.3 is 19.7 Å². The summed E-state index contributed by atoms with van der Waals surface area (Å²) in [5, 5.41) is 4.13. The van der Waals surface area contributed by atoms with Crippen LogP contribution in [0.1, 0.15) is 29.9 Å².